The van der Waals surface area contributed by atoms with Crippen LogP contribution in [0.5, 0.6) is 0 Å². The topological polar surface area (TPSA) is 24.5 Å². The van der Waals surface area contributed by atoms with E-state index in [0.29, 0.717) is 5.54 Å². The van der Waals surface area contributed by atoms with E-state index >= 15 is 0 Å². The highest BCUT2D eigenvalue weighted by molar-refractivity contribution is 4.92. The van der Waals surface area contributed by atoms with Crippen molar-refractivity contribution in [3.05, 3.63) is 0 Å². The lowest BCUT2D eigenvalue weighted by Crippen LogP contribution is -2.60. The van der Waals surface area contributed by atoms with E-state index in [9.17, 15) is 0 Å². The predicted octanol–water partition coefficient (Wildman–Crippen LogP) is 1.88. The van der Waals surface area contributed by atoms with Crippen molar-refractivity contribution in [2.45, 2.75) is 45.1 Å². The Balaban J connectivity index is 1.65. The molecule has 1 saturated carbocycles. The second-order valence-electron chi connectivity index (χ2n) is 5.71. The number of nitrogens with one attached hydrogen (secondary N) is 1. The molecule has 0 aromatic heterocycles. The van der Waals surface area contributed by atoms with Crippen molar-refractivity contribution in [2.24, 2.45) is 5.92 Å². The highest BCUT2D eigenvalue weighted by Crippen LogP contribution is 2.28. The maximum atomic E-state index is 5.73. The third-order valence-corrected chi connectivity index (χ3v) is 4.41. The molecule has 0 atom stereocenters. The molecule has 0 spiro atoms. The minimum atomic E-state index is 0.356. The van der Waals surface area contributed by atoms with Crippen molar-refractivity contribution >= 4 is 0 Å². The van der Waals surface area contributed by atoms with Gasteiger partial charge in [-0.05, 0) is 31.6 Å². The molecule has 1 heterocycles. The number of rotatable bonds is 7. The molecular weight excluding hydrogens is 212 g/mol. The van der Waals surface area contributed by atoms with E-state index < -0.39 is 0 Å². The number of ether oxygens (including phenoxy) is 1. The van der Waals surface area contributed by atoms with Gasteiger partial charge in [-0.2, -0.15) is 0 Å². The van der Waals surface area contributed by atoms with Crippen molar-refractivity contribution in [1.29, 1.82) is 0 Å². The summed E-state index contributed by atoms with van der Waals surface area (Å²) in [5.41, 5.74) is 0.356. The van der Waals surface area contributed by atoms with Gasteiger partial charge in [-0.15, -0.1) is 0 Å². The van der Waals surface area contributed by atoms with E-state index in [2.05, 4.69) is 24.1 Å². The van der Waals surface area contributed by atoms with Gasteiger partial charge >= 0.3 is 0 Å². The average molecular weight is 240 g/mol. The van der Waals surface area contributed by atoms with E-state index in [1.807, 2.05) is 0 Å². The summed E-state index contributed by atoms with van der Waals surface area (Å²) in [7, 11) is 0. The number of hydrogen-bond donors (Lipinski definition) is 1. The Morgan fingerprint density at radius 2 is 2.06 bits per heavy atom. The van der Waals surface area contributed by atoms with Gasteiger partial charge in [-0.1, -0.05) is 13.8 Å². The third-order valence-electron chi connectivity index (χ3n) is 4.41. The molecule has 0 bridgehead atoms. The fraction of sp³-hybridized carbons (Fsp3) is 1.00. The van der Waals surface area contributed by atoms with Crippen molar-refractivity contribution < 1.29 is 4.74 Å². The minimum absolute atomic E-state index is 0.356. The molecule has 2 aliphatic rings. The fourth-order valence-corrected chi connectivity index (χ4v) is 2.68. The first-order chi connectivity index (χ1) is 8.28. The van der Waals surface area contributed by atoms with E-state index in [1.165, 1.54) is 38.8 Å². The van der Waals surface area contributed by atoms with Crippen LogP contribution in [0.1, 0.15) is 39.5 Å². The molecule has 0 aromatic rings. The SMILES string of the molecule is CCC1(CC)CN(CCOCC2CC2)CCN1. The summed E-state index contributed by atoms with van der Waals surface area (Å²) in [5.74, 6) is 0.892. The molecule has 0 aromatic carbocycles. The maximum Gasteiger partial charge on any atom is 0.0593 e. The molecular formula is C14H28N2O. The summed E-state index contributed by atoms with van der Waals surface area (Å²) < 4.78 is 5.73. The first kappa shape index (κ1) is 13.3. The van der Waals surface area contributed by atoms with Crippen LogP contribution in [0.4, 0.5) is 0 Å². The zero-order valence-corrected chi connectivity index (χ0v) is 11.5. The van der Waals surface area contributed by atoms with Crippen molar-refractivity contribution in [3.63, 3.8) is 0 Å². The first-order valence-corrected chi connectivity index (χ1v) is 7.33. The number of nitrogens with zero attached hydrogens (tertiary/aromatic N) is 1. The lowest BCUT2D eigenvalue weighted by atomic mass is 9.90. The molecule has 0 unspecified atom stereocenters. The van der Waals surface area contributed by atoms with Crippen LogP contribution >= 0.6 is 0 Å². The van der Waals surface area contributed by atoms with Crippen LogP contribution < -0.4 is 5.32 Å². The quantitative estimate of drug-likeness (QED) is 0.688. The second-order valence-corrected chi connectivity index (χ2v) is 5.71. The highest BCUT2D eigenvalue weighted by Gasteiger charge is 2.31. The zero-order valence-electron chi connectivity index (χ0n) is 11.5. The van der Waals surface area contributed by atoms with Crippen LogP contribution in [0.3, 0.4) is 0 Å². The van der Waals surface area contributed by atoms with Gasteiger partial charge < -0.3 is 10.1 Å². The molecule has 3 nitrogen and oxygen atoms in total. The summed E-state index contributed by atoms with van der Waals surface area (Å²) in [5, 5.41) is 3.70. The van der Waals surface area contributed by atoms with Crippen LogP contribution in [0, 0.1) is 5.92 Å². The van der Waals surface area contributed by atoms with Gasteiger partial charge in [0, 0.05) is 38.3 Å². The number of hydrogen-bond acceptors (Lipinski definition) is 3. The first-order valence-electron chi connectivity index (χ1n) is 7.33. The Bertz CT molecular complexity index is 224. The van der Waals surface area contributed by atoms with Crippen LogP contribution in [-0.2, 0) is 4.74 Å². The lowest BCUT2D eigenvalue weighted by Gasteiger charge is -2.43. The Morgan fingerprint density at radius 3 is 2.71 bits per heavy atom. The Labute approximate surface area is 106 Å². The summed E-state index contributed by atoms with van der Waals surface area (Å²) in [6.07, 6.45) is 5.23. The molecule has 1 aliphatic heterocycles. The van der Waals surface area contributed by atoms with Crippen LogP contribution in [0.2, 0.25) is 0 Å². The van der Waals surface area contributed by atoms with E-state index in [1.54, 1.807) is 0 Å². The Kier molecular flexibility index (Phi) is 4.83. The maximum absolute atomic E-state index is 5.73. The molecule has 100 valence electrons. The van der Waals surface area contributed by atoms with Gasteiger partial charge in [0.05, 0.1) is 6.61 Å². The predicted molar refractivity (Wildman–Crippen MR) is 71.3 cm³/mol. The summed E-state index contributed by atoms with van der Waals surface area (Å²) >= 11 is 0. The molecule has 1 saturated heterocycles. The Hall–Kier alpha value is -0.120. The Morgan fingerprint density at radius 1 is 1.29 bits per heavy atom. The molecule has 0 amide bonds. The molecule has 1 N–H and O–H groups in total. The van der Waals surface area contributed by atoms with Gasteiger partial charge in [-0.3, -0.25) is 4.90 Å². The smallest absolute Gasteiger partial charge is 0.0593 e. The molecule has 2 rings (SSSR count). The molecule has 1 aliphatic carbocycles. The van der Waals surface area contributed by atoms with Gasteiger partial charge in [-0.25, -0.2) is 0 Å². The normalized spacial score (nSPS) is 25.1. The summed E-state index contributed by atoms with van der Waals surface area (Å²) in [6, 6.07) is 0. The van der Waals surface area contributed by atoms with Crippen LogP contribution in [0.25, 0.3) is 0 Å². The monoisotopic (exact) mass is 240 g/mol. The lowest BCUT2D eigenvalue weighted by molar-refractivity contribution is 0.0656. The third kappa shape index (κ3) is 3.94. The van der Waals surface area contributed by atoms with Gasteiger partial charge in [0.15, 0.2) is 0 Å². The van der Waals surface area contributed by atoms with Gasteiger partial charge in [0.25, 0.3) is 0 Å². The van der Waals surface area contributed by atoms with Crippen LogP contribution in [-0.4, -0.2) is 49.8 Å². The summed E-state index contributed by atoms with van der Waals surface area (Å²) in [6.45, 7) is 11.1. The van der Waals surface area contributed by atoms with Crippen molar-refractivity contribution in [1.82, 2.24) is 10.2 Å². The molecule has 2 fully saturated rings. The van der Waals surface area contributed by atoms with E-state index in [0.717, 1.165) is 32.2 Å². The number of piperazine rings is 1. The van der Waals surface area contributed by atoms with Crippen molar-refractivity contribution in [3.8, 4) is 0 Å². The zero-order chi connectivity index (χ0) is 12.1. The molecule has 0 radical (unpaired) electrons. The second kappa shape index (κ2) is 6.17. The average Bonchev–Trinajstić information content (AvgIpc) is 3.19. The van der Waals surface area contributed by atoms with Crippen LogP contribution in [0.15, 0.2) is 0 Å². The van der Waals surface area contributed by atoms with E-state index in [4.69, 9.17) is 4.74 Å². The standard InChI is InChI=1S/C14H28N2O/c1-3-14(4-2)12-16(8-7-15-14)9-10-17-11-13-5-6-13/h13,15H,3-12H2,1-2H3. The van der Waals surface area contributed by atoms with Crippen molar-refractivity contribution in [2.75, 3.05) is 39.4 Å². The largest absolute Gasteiger partial charge is 0.380 e. The fourth-order valence-electron chi connectivity index (χ4n) is 2.68. The van der Waals surface area contributed by atoms with Gasteiger partial charge in [0.2, 0.25) is 0 Å². The molecule has 3 heteroatoms. The molecule has 17 heavy (non-hydrogen) atoms. The van der Waals surface area contributed by atoms with Gasteiger partial charge in [0.1, 0.15) is 0 Å². The van der Waals surface area contributed by atoms with E-state index in [-0.39, 0.29) is 0 Å². The highest BCUT2D eigenvalue weighted by atomic mass is 16.5. The minimum Gasteiger partial charge on any atom is -0.380 e. The summed E-state index contributed by atoms with van der Waals surface area (Å²) in [4.78, 5) is 2.57.